The molecule has 0 saturated heterocycles. The van der Waals surface area contributed by atoms with Gasteiger partial charge >= 0.3 is 6.18 Å². The number of Topliss-reactive ketones (excluding diaryl/α,β-unsaturated/α-hetero) is 1. The summed E-state index contributed by atoms with van der Waals surface area (Å²) in [6, 6.07) is 0. The second-order valence-electron chi connectivity index (χ2n) is 8.49. The number of halogens is 4. The third kappa shape index (κ3) is 2.36. The van der Waals surface area contributed by atoms with Crippen LogP contribution in [0.5, 0.6) is 0 Å². The maximum absolute atomic E-state index is 15.2. The van der Waals surface area contributed by atoms with E-state index in [0.29, 0.717) is 11.4 Å². The molecule has 2 aliphatic carbocycles. The van der Waals surface area contributed by atoms with Crippen LogP contribution in [0.2, 0.25) is 0 Å². The van der Waals surface area contributed by atoms with Crippen LogP contribution in [-0.4, -0.2) is 24.7 Å². The van der Waals surface area contributed by atoms with Crippen molar-refractivity contribution in [3.05, 3.63) is 22.7 Å². The molecule has 142 valence electrons. The van der Waals surface area contributed by atoms with Gasteiger partial charge in [0.15, 0.2) is 11.6 Å². The van der Waals surface area contributed by atoms with Gasteiger partial charge in [0.2, 0.25) is 0 Å². The molecule has 4 rings (SSSR count). The van der Waals surface area contributed by atoms with Gasteiger partial charge < -0.3 is 5.32 Å². The van der Waals surface area contributed by atoms with Crippen LogP contribution in [0.3, 0.4) is 0 Å². The summed E-state index contributed by atoms with van der Waals surface area (Å²) in [5, 5.41) is 11.0. The lowest BCUT2D eigenvalue weighted by molar-refractivity contribution is -0.185. The highest BCUT2D eigenvalue weighted by molar-refractivity contribution is 6.00. The van der Waals surface area contributed by atoms with Crippen LogP contribution >= 0.6 is 0 Å². The molecule has 0 radical (unpaired) electrons. The predicted octanol–water partition coefficient (Wildman–Crippen LogP) is 4.60. The quantitative estimate of drug-likeness (QED) is 0.633. The van der Waals surface area contributed by atoms with Crippen LogP contribution in [0, 0.1) is 16.7 Å². The minimum atomic E-state index is -4.24. The lowest BCUT2D eigenvalue weighted by Crippen LogP contribution is -2.50. The highest BCUT2D eigenvalue weighted by Gasteiger charge is 2.57. The van der Waals surface area contributed by atoms with E-state index in [9.17, 15) is 18.0 Å². The molecule has 1 saturated carbocycles. The molecular weight excluding hydrogens is 350 g/mol. The Bertz CT molecular complexity index is 755. The monoisotopic (exact) mass is 371 g/mol. The highest BCUT2D eigenvalue weighted by atomic mass is 19.4. The number of hydrogen-bond acceptors (Lipinski definition) is 4. The van der Waals surface area contributed by atoms with Crippen LogP contribution in [0.4, 0.5) is 17.6 Å². The summed E-state index contributed by atoms with van der Waals surface area (Å²) in [6.07, 6.45) is -5.35. The number of alkyl halides is 4. The number of allylic oxidation sites excluding steroid dienone is 2. The average molecular weight is 371 g/mol. The Morgan fingerprint density at radius 2 is 1.85 bits per heavy atom. The summed E-state index contributed by atoms with van der Waals surface area (Å²) in [5.41, 5.74) is -0.440. The van der Waals surface area contributed by atoms with Crippen LogP contribution in [0.15, 0.2) is 32.9 Å². The molecule has 0 aromatic heterocycles. The number of azo groups is 1. The van der Waals surface area contributed by atoms with E-state index < -0.39 is 29.1 Å². The molecule has 0 aromatic carbocycles. The number of dihydropyridines is 1. The number of carbonyl (C=O) groups excluding carboxylic acids is 1. The smallest absolute Gasteiger partial charge is 0.339 e. The maximum atomic E-state index is 15.2. The molecule has 2 heterocycles. The van der Waals surface area contributed by atoms with Crippen LogP contribution in [0.25, 0.3) is 0 Å². The Kier molecular flexibility index (Phi) is 3.66. The topological polar surface area (TPSA) is 53.8 Å². The molecule has 8 heteroatoms. The van der Waals surface area contributed by atoms with E-state index in [0.717, 1.165) is 5.57 Å². The number of rotatable bonds is 0. The summed E-state index contributed by atoms with van der Waals surface area (Å²) in [4.78, 5) is 13.0. The SMILES string of the molecule is CC1(C)CC(=O)C2=C(NC3=C(CN=N3)C23CCC(C(F)(F)F)CC3)[C@H]1F. The van der Waals surface area contributed by atoms with Crippen LogP contribution in [0.1, 0.15) is 46.0 Å². The standard InChI is InChI=1S/C18H21F4N3O/c1-16(2)7-11(26)12-13(14(16)19)24-15-10(8-23-25-15)17(12)5-3-9(4-6-17)18(20,21)22/h9,14,24H,3-8H2,1-2H3/t9?,14-,17?/m1/s1. The van der Waals surface area contributed by atoms with E-state index in [1.54, 1.807) is 13.8 Å². The van der Waals surface area contributed by atoms with E-state index in [1.807, 2.05) is 0 Å². The van der Waals surface area contributed by atoms with Gasteiger partial charge in [-0.3, -0.25) is 4.79 Å². The maximum Gasteiger partial charge on any atom is 0.391 e. The van der Waals surface area contributed by atoms with Crippen molar-refractivity contribution in [1.82, 2.24) is 5.32 Å². The summed E-state index contributed by atoms with van der Waals surface area (Å²) >= 11 is 0. The Morgan fingerprint density at radius 1 is 1.19 bits per heavy atom. The largest absolute Gasteiger partial charge is 0.391 e. The lowest BCUT2D eigenvalue weighted by Gasteiger charge is -2.49. The van der Waals surface area contributed by atoms with Gasteiger partial charge in [-0.15, -0.1) is 5.11 Å². The van der Waals surface area contributed by atoms with Crippen molar-refractivity contribution >= 4 is 5.78 Å². The van der Waals surface area contributed by atoms with E-state index in [-0.39, 0.29) is 50.1 Å². The van der Waals surface area contributed by atoms with Crippen molar-refractivity contribution in [2.45, 2.75) is 58.3 Å². The number of hydrogen-bond donors (Lipinski definition) is 1. The van der Waals surface area contributed by atoms with Gasteiger partial charge in [-0.05, 0) is 25.7 Å². The first kappa shape index (κ1) is 17.7. The fourth-order valence-corrected chi connectivity index (χ4v) is 4.97. The molecular formula is C18H21F4N3O. The minimum Gasteiger partial charge on any atom is -0.339 e. The molecule has 0 bridgehead atoms. The number of ketones is 1. The Hall–Kier alpha value is -1.73. The number of nitrogens with one attached hydrogen (secondary N) is 1. The zero-order valence-corrected chi connectivity index (χ0v) is 14.7. The summed E-state index contributed by atoms with van der Waals surface area (Å²) in [7, 11) is 0. The molecule has 1 N–H and O–H groups in total. The Balaban J connectivity index is 1.79. The van der Waals surface area contributed by atoms with Crippen molar-refractivity contribution in [1.29, 1.82) is 0 Å². The summed E-state index contributed by atoms with van der Waals surface area (Å²) in [5.74, 6) is -1.12. The van der Waals surface area contributed by atoms with Crippen LogP contribution in [-0.2, 0) is 4.79 Å². The van der Waals surface area contributed by atoms with E-state index in [4.69, 9.17) is 0 Å². The lowest BCUT2D eigenvalue weighted by atomic mass is 9.56. The number of fused-ring (bicyclic) bond motifs is 2. The summed E-state index contributed by atoms with van der Waals surface area (Å²) in [6.45, 7) is 3.63. The number of carbonyl (C=O) groups is 1. The normalized spacial score (nSPS) is 36.3. The Morgan fingerprint density at radius 3 is 2.46 bits per heavy atom. The zero-order valence-electron chi connectivity index (χ0n) is 14.7. The van der Waals surface area contributed by atoms with Crippen molar-refractivity contribution < 1.29 is 22.4 Å². The van der Waals surface area contributed by atoms with Gasteiger partial charge in [0.05, 0.1) is 18.2 Å². The fourth-order valence-electron chi connectivity index (χ4n) is 4.97. The third-order valence-corrected chi connectivity index (χ3v) is 6.40. The molecule has 1 fully saturated rings. The van der Waals surface area contributed by atoms with Gasteiger partial charge in [0.1, 0.15) is 6.17 Å². The van der Waals surface area contributed by atoms with Gasteiger partial charge in [-0.25, -0.2) is 4.39 Å². The summed E-state index contributed by atoms with van der Waals surface area (Å²) < 4.78 is 54.6. The molecule has 2 aliphatic heterocycles. The molecule has 1 atom stereocenters. The van der Waals surface area contributed by atoms with Gasteiger partial charge in [-0.1, -0.05) is 13.8 Å². The van der Waals surface area contributed by atoms with Crippen molar-refractivity contribution in [2.24, 2.45) is 27.0 Å². The third-order valence-electron chi connectivity index (χ3n) is 6.40. The van der Waals surface area contributed by atoms with Gasteiger partial charge in [0, 0.05) is 28.4 Å². The highest BCUT2D eigenvalue weighted by Crippen LogP contribution is 2.59. The van der Waals surface area contributed by atoms with Crippen molar-refractivity contribution in [2.75, 3.05) is 6.54 Å². The average Bonchev–Trinajstić information content (AvgIpc) is 3.01. The molecule has 0 aromatic rings. The molecule has 0 unspecified atom stereocenters. The predicted molar refractivity (Wildman–Crippen MR) is 85.7 cm³/mol. The van der Waals surface area contributed by atoms with Crippen molar-refractivity contribution in [3.8, 4) is 0 Å². The first-order valence-corrected chi connectivity index (χ1v) is 8.93. The van der Waals surface area contributed by atoms with E-state index in [2.05, 4.69) is 15.5 Å². The molecule has 4 aliphatic rings. The molecule has 0 amide bonds. The second kappa shape index (κ2) is 5.39. The van der Waals surface area contributed by atoms with Crippen LogP contribution < -0.4 is 5.32 Å². The minimum absolute atomic E-state index is 0.0516. The number of nitrogens with zero attached hydrogens (tertiary/aromatic N) is 2. The molecule has 26 heavy (non-hydrogen) atoms. The molecule has 4 nitrogen and oxygen atoms in total. The second-order valence-corrected chi connectivity index (χ2v) is 8.49. The van der Waals surface area contributed by atoms with Gasteiger partial charge in [0.25, 0.3) is 0 Å². The first-order valence-electron chi connectivity index (χ1n) is 8.93. The first-order chi connectivity index (χ1) is 12.1. The molecule has 1 spiro atoms. The van der Waals surface area contributed by atoms with Crippen molar-refractivity contribution in [3.63, 3.8) is 0 Å². The zero-order chi connectivity index (χ0) is 18.9. The Labute approximate surface area is 148 Å². The fraction of sp³-hybridized carbons (Fsp3) is 0.722. The van der Waals surface area contributed by atoms with Gasteiger partial charge in [-0.2, -0.15) is 18.3 Å². The van der Waals surface area contributed by atoms with E-state index in [1.165, 1.54) is 0 Å². The van der Waals surface area contributed by atoms with E-state index >= 15 is 4.39 Å².